The van der Waals surface area contributed by atoms with Gasteiger partial charge in [0.1, 0.15) is 5.82 Å². The van der Waals surface area contributed by atoms with Crippen LogP contribution in [0.1, 0.15) is 21.7 Å². The third-order valence-electron chi connectivity index (χ3n) is 2.61. The van der Waals surface area contributed by atoms with Gasteiger partial charge in [-0.05, 0) is 30.7 Å². The Morgan fingerprint density at radius 1 is 1.43 bits per heavy atom. The Morgan fingerprint density at radius 2 is 2.19 bits per heavy atom. The first kappa shape index (κ1) is 14.4. The van der Waals surface area contributed by atoms with E-state index in [0.29, 0.717) is 11.1 Å². The number of anilines is 1. The van der Waals surface area contributed by atoms with Crippen molar-refractivity contribution in [1.29, 1.82) is 0 Å². The molecule has 1 aromatic heterocycles. The minimum Gasteiger partial charge on any atom is -0.478 e. The van der Waals surface area contributed by atoms with Gasteiger partial charge in [-0.15, -0.1) is 0 Å². The predicted octanol–water partition coefficient (Wildman–Crippen LogP) is 2.47. The Kier molecular flexibility index (Phi) is 4.13. The fraction of sp³-hybridized carbons (Fsp3) is 0.0714. The van der Waals surface area contributed by atoms with Crippen molar-refractivity contribution in [3.05, 3.63) is 53.2 Å². The molecule has 1 aromatic carbocycles. The number of rotatable bonds is 4. The number of carbonyl (C=O) groups excluding carboxylic acids is 1. The number of amides is 1. The number of halogens is 1. The molecule has 2 rings (SSSR count). The summed E-state index contributed by atoms with van der Waals surface area (Å²) in [6, 6.07) is 3.92. The van der Waals surface area contributed by atoms with Gasteiger partial charge in [0.2, 0.25) is 5.76 Å². The molecule has 1 amide bonds. The van der Waals surface area contributed by atoms with E-state index < -0.39 is 17.7 Å². The van der Waals surface area contributed by atoms with Crippen LogP contribution in [0.25, 0.3) is 6.08 Å². The Hall–Kier alpha value is -2.96. The number of nitrogens with one attached hydrogen (secondary N) is 1. The second-order valence-corrected chi connectivity index (χ2v) is 4.20. The van der Waals surface area contributed by atoms with Crippen LogP contribution in [0, 0.1) is 12.7 Å². The number of aliphatic carboxylic acids is 1. The molecule has 108 valence electrons. The summed E-state index contributed by atoms with van der Waals surface area (Å²) in [6.07, 6.45) is 3.52. The molecule has 0 atom stereocenters. The largest absolute Gasteiger partial charge is 0.478 e. The molecule has 0 spiro atoms. The average molecular weight is 290 g/mol. The van der Waals surface area contributed by atoms with Gasteiger partial charge in [0, 0.05) is 11.6 Å². The monoisotopic (exact) mass is 290 g/mol. The lowest BCUT2D eigenvalue weighted by molar-refractivity contribution is -0.131. The van der Waals surface area contributed by atoms with Crippen LogP contribution in [0.5, 0.6) is 0 Å². The Morgan fingerprint density at radius 3 is 2.76 bits per heavy atom. The number of aryl methyl sites for hydroxylation is 1. The molecule has 0 radical (unpaired) electrons. The highest BCUT2D eigenvalue weighted by Crippen LogP contribution is 2.18. The number of hydrogen-bond donors (Lipinski definition) is 2. The summed E-state index contributed by atoms with van der Waals surface area (Å²) in [5.74, 6) is -2.43. The summed E-state index contributed by atoms with van der Waals surface area (Å²) in [7, 11) is 0. The van der Waals surface area contributed by atoms with Crippen LogP contribution in [-0.4, -0.2) is 22.1 Å². The van der Waals surface area contributed by atoms with Gasteiger partial charge in [0.15, 0.2) is 0 Å². The summed E-state index contributed by atoms with van der Waals surface area (Å²) in [5, 5.41) is 14.3. The zero-order valence-electron chi connectivity index (χ0n) is 11.0. The number of hydrogen-bond acceptors (Lipinski definition) is 4. The summed E-state index contributed by atoms with van der Waals surface area (Å²) in [5.41, 5.74) is 0.862. The van der Waals surface area contributed by atoms with Crippen LogP contribution in [0.2, 0.25) is 0 Å². The second-order valence-electron chi connectivity index (χ2n) is 4.20. The molecule has 21 heavy (non-hydrogen) atoms. The van der Waals surface area contributed by atoms with Crippen molar-refractivity contribution in [1.82, 2.24) is 5.16 Å². The molecule has 0 saturated carbocycles. The molecule has 6 nitrogen and oxygen atoms in total. The lowest BCUT2D eigenvalue weighted by atomic mass is 10.1. The van der Waals surface area contributed by atoms with E-state index in [1.807, 2.05) is 0 Å². The van der Waals surface area contributed by atoms with Gasteiger partial charge >= 0.3 is 5.97 Å². The van der Waals surface area contributed by atoms with E-state index in [1.165, 1.54) is 24.4 Å². The predicted molar refractivity (Wildman–Crippen MR) is 72.3 cm³/mol. The van der Waals surface area contributed by atoms with E-state index in [-0.39, 0.29) is 11.4 Å². The van der Waals surface area contributed by atoms with Crippen molar-refractivity contribution in [3.63, 3.8) is 0 Å². The van der Waals surface area contributed by atoms with E-state index >= 15 is 0 Å². The summed E-state index contributed by atoms with van der Waals surface area (Å²) in [6.45, 7) is 1.64. The van der Waals surface area contributed by atoms with Gasteiger partial charge in [-0.2, -0.15) is 0 Å². The fourth-order valence-electron chi connectivity index (χ4n) is 1.59. The van der Waals surface area contributed by atoms with Gasteiger partial charge in [-0.25, -0.2) is 9.18 Å². The third kappa shape index (κ3) is 3.53. The van der Waals surface area contributed by atoms with Gasteiger partial charge in [0.05, 0.1) is 11.9 Å². The minimum atomic E-state index is -1.13. The molecule has 0 fully saturated rings. The molecule has 0 aliphatic heterocycles. The molecule has 0 unspecified atom stereocenters. The molecule has 0 bridgehead atoms. The van der Waals surface area contributed by atoms with Crippen LogP contribution < -0.4 is 5.32 Å². The average Bonchev–Trinajstić information content (AvgIpc) is 2.85. The van der Waals surface area contributed by atoms with Crippen LogP contribution in [-0.2, 0) is 4.79 Å². The first-order valence-corrected chi connectivity index (χ1v) is 5.90. The zero-order valence-corrected chi connectivity index (χ0v) is 11.0. The van der Waals surface area contributed by atoms with Crippen molar-refractivity contribution in [2.75, 3.05) is 5.32 Å². The van der Waals surface area contributed by atoms with E-state index in [1.54, 1.807) is 6.92 Å². The Labute approximate surface area is 118 Å². The van der Waals surface area contributed by atoms with Crippen molar-refractivity contribution >= 4 is 23.6 Å². The zero-order chi connectivity index (χ0) is 15.4. The maximum atomic E-state index is 13.8. The van der Waals surface area contributed by atoms with Crippen LogP contribution in [0.3, 0.4) is 0 Å². The quantitative estimate of drug-likeness (QED) is 0.844. The van der Waals surface area contributed by atoms with Crippen LogP contribution >= 0.6 is 0 Å². The van der Waals surface area contributed by atoms with Crippen molar-refractivity contribution in [2.45, 2.75) is 6.92 Å². The van der Waals surface area contributed by atoms with Crippen molar-refractivity contribution in [2.24, 2.45) is 0 Å². The van der Waals surface area contributed by atoms with E-state index in [9.17, 15) is 14.0 Å². The molecule has 0 saturated heterocycles. The van der Waals surface area contributed by atoms with Crippen LogP contribution in [0.15, 0.2) is 35.0 Å². The van der Waals surface area contributed by atoms with Crippen molar-refractivity contribution < 1.29 is 23.6 Å². The fourth-order valence-corrected chi connectivity index (χ4v) is 1.59. The number of nitrogens with zero attached hydrogens (tertiary/aromatic N) is 1. The summed E-state index contributed by atoms with van der Waals surface area (Å²) in [4.78, 5) is 22.2. The van der Waals surface area contributed by atoms with E-state index in [4.69, 9.17) is 9.63 Å². The molecule has 7 heteroatoms. The summed E-state index contributed by atoms with van der Waals surface area (Å²) < 4.78 is 18.6. The molecule has 0 aliphatic rings. The molecular formula is C14H11FN2O4. The highest BCUT2D eigenvalue weighted by atomic mass is 19.1. The molecule has 2 aromatic rings. The number of carboxylic acid groups (broad SMARTS) is 1. The third-order valence-corrected chi connectivity index (χ3v) is 2.61. The number of benzene rings is 1. The Bertz CT molecular complexity index is 722. The SMILES string of the molecule is Cc1cnoc1C(=O)Nc1ccc(C=CC(=O)O)cc1F. The molecule has 0 aliphatic carbocycles. The molecule has 1 heterocycles. The lowest BCUT2D eigenvalue weighted by Crippen LogP contribution is -2.13. The number of aromatic nitrogens is 1. The van der Waals surface area contributed by atoms with Gasteiger partial charge in [0.25, 0.3) is 5.91 Å². The normalized spacial score (nSPS) is 10.8. The Balaban J connectivity index is 2.16. The number of carboxylic acids is 1. The first-order valence-electron chi connectivity index (χ1n) is 5.90. The molecular weight excluding hydrogens is 279 g/mol. The standard InChI is InChI=1S/C14H11FN2O4/c1-8-7-16-21-13(8)14(20)17-11-4-2-9(6-10(11)15)3-5-12(18)19/h2-7H,1H3,(H,17,20)(H,18,19). The van der Waals surface area contributed by atoms with Gasteiger partial charge in [-0.1, -0.05) is 11.2 Å². The van der Waals surface area contributed by atoms with E-state index in [2.05, 4.69) is 10.5 Å². The maximum absolute atomic E-state index is 13.8. The van der Waals surface area contributed by atoms with Crippen molar-refractivity contribution in [3.8, 4) is 0 Å². The highest BCUT2D eigenvalue weighted by Gasteiger charge is 2.15. The summed E-state index contributed by atoms with van der Waals surface area (Å²) >= 11 is 0. The molecule has 2 N–H and O–H groups in total. The topological polar surface area (TPSA) is 92.4 Å². The van der Waals surface area contributed by atoms with E-state index in [0.717, 1.165) is 12.1 Å². The van der Waals surface area contributed by atoms with Gasteiger partial charge < -0.3 is 14.9 Å². The minimum absolute atomic E-state index is 0.00393. The van der Waals surface area contributed by atoms with Gasteiger partial charge in [-0.3, -0.25) is 4.79 Å². The smallest absolute Gasteiger partial charge is 0.328 e. The first-order chi connectivity index (χ1) is 9.97. The number of carbonyl (C=O) groups is 2. The second kappa shape index (κ2) is 6.00. The highest BCUT2D eigenvalue weighted by molar-refractivity contribution is 6.03. The van der Waals surface area contributed by atoms with Crippen LogP contribution in [0.4, 0.5) is 10.1 Å². The maximum Gasteiger partial charge on any atom is 0.328 e. The lowest BCUT2D eigenvalue weighted by Gasteiger charge is -2.05.